The molecule has 0 saturated heterocycles. The highest BCUT2D eigenvalue weighted by atomic mass is 16.6. The topological polar surface area (TPSA) is 47.9 Å². The van der Waals surface area contributed by atoms with Gasteiger partial charge in [-0.15, -0.1) is 0 Å². The number of aliphatic hydroxyl groups is 1. The van der Waals surface area contributed by atoms with Crippen molar-refractivity contribution in [2.75, 3.05) is 13.7 Å². The van der Waals surface area contributed by atoms with Crippen LogP contribution in [-0.2, 0) is 4.74 Å². The number of methoxy groups -OCH3 is 1. The predicted molar refractivity (Wildman–Crippen MR) is 72.7 cm³/mol. The second-order valence-corrected chi connectivity index (χ2v) is 5.48. The number of hydrogen-bond acceptors (Lipinski definition) is 4. The number of benzene rings is 1. The molecule has 1 N–H and O–H groups in total. The van der Waals surface area contributed by atoms with E-state index in [1.54, 1.807) is 7.11 Å². The van der Waals surface area contributed by atoms with Gasteiger partial charge in [-0.25, -0.2) is 0 Å². The zero-order valence-electron chi connectivity index (χ0n) is 11.8. The molecule has 1 aromatic carbocycles. The first kappa shape index (κ1) is 14.2. The van der Waals surface area contributed by atoms with E-state index in [4.69, 9.17) is 14.2 Å². The minimum absolute atomic E-state index is 0.228. The molecule has 0 radical (unpaired) electrons. The molecule has 0 bridgehead atoms. The molecular weight excluding hydrogens is 244 g/mol. The van der Waals surface area contributed by atoms with Crippen LogP contribution in [0.5, 0.6) is 11.5 Å². The SMILES string of the molecule is COC(C)(C)CCC(O)C1COc2ccccc2O1. The molecule has 0 fully saturated rings. The predicted octanol–water partition coefficient (Wildman–Crippen LogP) is 2.39. The fraction of sp³-hybridized carbons (Fsp3) is 0.600. The number of aliphatic hydroxyl groups excluding tert-OH is 1. The lowest BCUT2D eigenvalue weighted by molar-refractivity contribution is -0.0367. The van der Waals surface area contributed by atoms with Crippen LogP contribution in [0.25, 0.3) is 0 Å². The standard InChI is InChI=1S/C15H22O4/c1-15(2,17-3)9-8-11(16)14-10-18-12-6-4-5-7-13(12)19-14/h4-7,11,14,16H,8-10H2,1-3H3. The molecule has 2 rings (SSSR count). The molecule has 19 heavy (non-hydrogen) atoms. The molecule has 2 atom stereocenters. The molecule has 1 aliphatic heterocycles. The van der Waals surface area contributed by atoms with E-state index in [2.05, 4.69) is 0 Å². The number of ether oxygens (including phenoxy) is 3. The monoisotopic (exact) mass is 266 g/mol. The van der Waals surface area contributed by atoms with Gasteiger partial charge in [0.25, 0.3) is 0 Å². The maximum Gasteiger partial charge on any atom is 0.161 e. The van der Waals surface area contributed by atoms with Gasteiger partial charge >= 0.3 is 0 Å². The summed E-state index contributed by atoms with van der Waals surface area (Å²) in [7, 11) is 1.68. The Balaban J connectivity index is 1.90. The maximum absolute atomic E-state index is 10.2. The zero-order valence-corrected chi connectivity index (χ0v) is 11.8. The Kier molecular flexibility index (Phi) is 4.32. The third-order valence-electron chi connectivity index (χ3n) is 3.55. The smallest absolute Gasteiger partial charge is 0.161 e. The van der Waals surface area contributed by atoms with Gasteiger partial charge in [0.05, 0.1) is 11.7 Å². The van der Waals surface area contributed by atoms with Gasteiger partial charge in [-0.1, -0.05) is 12.1 Å². The number of para-hydroxylation sites is 2. The quantitative estimate of drug-likeness (QED) is 0.889. The van der Waals surface area contributed by atoms with Gasteiger partial charge in [0.15, 0.2) is 17.6 Å². The van der Waals surface area contributed by atoms with E-state index in [9.17, 15) is 5.11 Å². The summed E-state index contributed by atoms with van der Waals surface area (Å²) < 4.78 is 16.7. The van der Waals surface area contributed by atoms with Crippen LogP contribution in [0.3, 0.4) is 0 Å². The summed E-state index contributed by atoms with van der Waals surface area (Å²) in [5, 5.41) is 10.2. The number of fused-ring (bicyclic) bond motifs is 1. The number of hydrogen-bond donors (Lipinski definition) is 1. The van der Waals surface area contributed by atoms with Crippen LogP contribution in [0.15, 0.2) is 24.3 Å². The first-order valence-electron chi connectivity index (χ1n) is 6.63. The Morgan fingerprint density at radius 2 is 2.05 bits per heavy atom. The molecule has 4 heteroatoms. The molecular formula is C15H22O4. The fourth-order valence-electron chi connectivity index (χ4n) is 2.01. The largest absolute Gasteiger partial charge is 0.486 e. The second-order valence-electron chi connectivity index (χ2n) is 5.48. The lowest BCUT2D eigenvalue weighted by Gasteiger charge is -2.31. The summed E-state index contributed by atoms with van der Waals surface area (Å²) in [6.07, 6.45) is 0.522. The van der Waals surface area contributed by atoms with Crippen LogP contribution in [-0.4, -0.2) is 36.6 Å². The molecule has 0 amide bonds. The molecule has 2 unspecified atom stereocenters. The Labute approximate surface area is 114 Å². The van der Waals surface area contributed by atoms with Gasteiger partial charge in [-0.3, -0.25) is 0 Å². The van der Waals surface area contributed by atoms with Gasteiger partial charge in [0.1, 0.15) is 6.61 Å². The summed E-state index contributed by atoms with van der Waals surface area (Å²) >= 11 is 0. The zero-order chi connectivity index (χ0) is 13.9. The molecule has 0 saturated carbocycles. The van der Waals surface area contributed by atoms with Crippen molar-refractivity contribution in [1.82, 2.24) is 0 Å². The minimum Gasteiger partial charge on any atom is -0.486 e. The maximum atomic E-state index is 10.2. The first-order chi connectivity index (χ1) is 9.02. The van der Waals surface area contributed by atoms with Crippen LogP contribution in [0.2, 0.25) is 0 Å². The summed E-state index contributed by atoms with van der Waals surface area (Å²) in [4.78, 5) is 0. The number of rotatable bonds is 5. The van der Waals surface area contributed by atoms with E-state index in [1.807, 2.05) is 38.1 Å². The lowest BCUT2D eigenvalue weighted by atomic mass is 9.98. The Bertz CT molecular complexity index is 416. The molecule has 0 aromatic heterocycles. The molecule has 106 valence electrons. The van der Waals surface area contributed by atoms with E-state index < -0.39 is 6.10 Å². The average molecular weight is 266 g/mol. The molecule has 0 aliphatic carbocycles. The van der Waals surface area contributed by atoms with E-state index >= 15 is 0 Å². The highest BCUT2D eigenvalue weighted by Gasteiger charge is 2.29. The van der Waals surface area contributed by atoms with E-state index in [0.29, 0.717) is 18.8 Å². The lowest BCUT2D eigenvalue weighted by Crippen LogP contribution is -2.40. The molecule has 1 aliphatic rings. The van der Waals surface area contributed by atoms with Crippen LogP contribution in [0, 0.1) is 0 Å². The van der Waals surface area contributed by atoms with Crippen molar-refractivity contribution in [3.63, 3.8) is 0 Å². The Morgan fingerprint density at radius 1 is 1.37 bits per heavy atom. The highest BCUT2D eigenvalue weighted by molar-refractivity contribution is 5.40. The van der Waals surface area contributed by atoms with Crippen molar-refractivity contribution >= 4 is 0 Å². The van der Waals surface area contributed by atoms with Crippen molar-refractivity contribution in [2.24, 2.45) is 0 Å². The van der Waals surface area contributed by atoms with E-state index in [-0.39, 0.29) is 11.7 Å². The molecule has 1 heterocycles. The van der Waals surface area contributed by atoms with Crippen LogP contribution in [0.4, 0.5) is 0 Å². The summed E-state index contributed by atoms with van der Waals surface area (Å²) in [5.74, 6) is 1.44. The van der Waals surface area contributed by atoms with Crippen molar-refractivity contribution < 1.29 is 19.3 Å². The first-order valence-corrected chi connectivity index (χ1v) is 6.63. The van der Waals surface area contributed by atoms with Crippen molar-refractivity contribution in [2.45, 2.75) is 44.5 Å². The fourth-order valence-corrected chi connectivity index (χ4v) is 2.01. The minimum atomic E-state index is -0.553. The Hall–Kier alpha value is -1.26. The van der Waals surface area contributed by atoms with Crippen LogP contribution in [0.1, 0.15) is 26.7 Å². The van der Waals surface area contributed by atoms with E-state index in [1.165, 1.54) is 0 Å². The average Bonchev–Trinajstić information content (AvgIpc) is 2.44. The molecule has 1 aromatic rings. The van der Waals surface area contributed by atoms with Crippen LogP contribution >= 0.6 is 0 Å². The normalized spacial score (nSPS) is 20.1. The summed E-state index contributed by atoms with van der Waals surface area (Å²) in [6, 6.07) is 7.52. The third-order valence-corrected chi connectivity index (χ3v) is 3.55. The van der Waals surface area contributed by atoms with Crippen molar-refractivity contribution in [3.05, 3.63) is 24.3 Å². The van der Waals surface area contributed by atoms with Gasteiger partial charge in [0, 0.05) is 7.11 Å². The van der Waals surface area contributed by atoms with Gasteiger partial charge < -0.3 is 19.3 Å². The summed E-state index contributed by atoms with van der Waals surface area (Å²) in [6.45, 7) is 4.39. The highest BCUT2D eigenvalue weighted by Crippen LogP contribution is 2.32. The molecule has 4 nitrogen and oxygen atoms in total. The second kappa shape index (κ2) is 5.80. The van der Waals surface area contributed by atoms with Crippen LogP contribution < -0.4 is 9.47 Å². The van der Waals surface area contributed by atoms with Gasteiger partial charge in [-0.05, 0) is 38.8 Å². The van der Waals surface area contributed by atoms with Crippen molar-refractivity contribution in [3.8, 4) is 11.5 Å². The van der Waals surface area contributed by atoms with Crippen molar-refractivity contribution in [1.29, 1.82) is 0 Å². The third kappa shape index (κ3) is 3.61. The van der Waals surface area contributed by atoms with Gasteiger partial charge in [-0.2, -0.15) is 0 Å². The Morgan fingerprint density at radius 3 is 2.74 bits per heavy atom. The summed E-state index contributed by atoms with van der Waals surface area (Å²) in [5.41, 5.74) is -0.228. The van der Waals surface area contributed by atoms with E-state index in [0.717, 1.165) is 12.2 Å². The van der Waals surface area contributed by atoms with Gasteiger partial charge in [0.2, 0.25) is 0 Å². The molecule has 0 spiro atoms.